The first kappa shape index (κ1) is 17.1. The molecule has 0 radical (unpaired) electrons. The zero-order chi connectivity index (χ0) is 18.4. The van der Waals surface area contributed by atoms with Gasteiger partial charge in [-0.3, -0.25) is 9.59 Å². The predicted molar refractivity (Wildman–Crippen MR) is 102 cm³/mol. The van der Waals surface area contributed by atoms with Crippen LogP contribution in [0.15, 0.2) is 24.3 Å². The molecule has 1 aromatic heterocycles. The summed E-state index contributed by atoms with van der Waals surface area (Å²) in [5.41, 5.74) is 3.61. The average Bonchev–Trinajstić information content (AvgIpc) is 3.26. The van der Waals surface area contributed by atoms with E-state index in [4.69, 9.17) is 0 Å². The molecule has 2 atom stereocenters. The average molecular weight is 353 g/mol. The van der Waals surface area contributed by atoms with Gasteiger partial charge >= 0.3 is 0 Å². The Morgan fingerprint density at radius 2 is 1.92 bits per heavy atom. The number of nitrogens with zero attached hydrogens (tertiary/aromatic N) is 2. The minimum Gasteiger partial charge on any atom is -0.356 e. The Balaban J connectivity index is 1.60. The fourth-order valence-electron chi connectivity index (χ4n) is 4.54. The SMILES string of the molecule is CC(C)C(=O)N1CCC[C@H]1C(=O)N1CCc2c([nH]c3ccccc23)[C@H]1C. The van der Waals surface area contributed by atoms with Crippen LogP contribution in [0.4, 0.5) is 0 Å². The summed E-state index contributed by atoms with van der Waals surface area (Å²) in [5, 5.41) is 1.26. The zero-order valence-corrected chi connectivity index (χ0v) is 15.8. The zero-order valence-electron chi connectivity index (χ0n) is 15.8. The van der Waals surface area contributed by atoms with Gasteiger partial charge in [0.2, 0.25) is 11.8 Å². The molecule has 2 aliphatic heterocycles. The Kier molecular flexibility index (Phi) is 4.25. The number of para-hydroxylation sites is 1. The lowest BCUT2D eigenvalue weighted by atomic mass is 9.97. The molecule has 5 heteroatoms. The monoisotopic (exact) mass is 353 g/mol. The number of fused-ring (bicyclic) bond motifs is 3. The Morgan fingerprint density at radius 3 is 2.69 bits per heavy atom. The third-order valence-corrected chi connectivity index (χ3v) is 5.93. The number of carbonyl (C=O) groups is 2. The number of benzene rings is 1. The summed E-state index contributed by atoms with van der Waals surface area (Å²) in [4.78, 5) is 33.1. The molecule has 1 fully saturated rings. The van der Waals surface area contributed by atoms with Gasteiger partial charge < -0.3 is 14.8 Å². The highest BCUT2D eigenvalue weighted by atomic mass is 16.2. The Bertz CT molecular complexity index is 854. The molecular formula is C21H27N3O2. The van der Waals surface area contributed by atoms with Gasteiger partial charge in [-0.05, 0) is 37.8 Å². The normalized spacial score (nSPS) is 22.9. The van der Waals surface area contributed by atoms with Crippen LogP contribution in [0.2, 0.25) is 0 Å². The fraction of sp³-hybridized carbons (Fsp3) is 0.524. The van der Waals surface area contributed by atoms with Crippen molar-refractivity contribution in [3.8, 4) is 0 Å². The molecule has 2 aliphatic rings. The van der Waals surface area contributed by atoms with Crippen molar-refractivity contribution in [3.05, 3.63) is 35.5 Å². The smallest absolute Gasteiger partial charge is 0.245 e. The summed E-state index contributed by atoms with van der Waals surface area (Å²) in [6.07, 6.45) is 2.55. The molecule has 138 valence electrons. The maximum atomic E-state index is 13.3. The lowest BCUT2D eigenvalue weighted by Gasteiger charge is -2.37. The molecule has 0 bridgehead atoms. The number of carbonyl (C=O) groups excluding carboxylic acids is 2. The van der Waals surface area contributed by atoms with Crippen molar-refractivity contribution < 1.29 is 9.59 Å². The van der Waals surface area contributed by atoms with E-state index in [9.17, 15) is 9.59 Å². The van der Waals surface area contributed by atoms with Crippen LogP contribution >= 0.6 is 0 Å². The van der Waals surface area contributed by atoms with Crippen LogP contribution in [0.25, 0.3) is 10.9 Å². The second kappa shape index (κ2) is 6.45. The number of likely N-dealkylation sites (tertiary alicyclic amines) is 1. The first-order valence-electron chi connectivity index (χ1n) is 9.69. The van der Waals surface area contributed by atoms with Gasteiger partial charge in [0.1, 0.15) is 6.04 Å². The van der Waals surface area contributed by atoms with Crippen LogP contribution in [0, 0.1) is 5.92 Å². The van der Waals surface area contributed by atoms with E-state index in [0.29, 0.717) is 6.54 Å². The summed E-state index contributed by atoms with van der Waals surface area (Å²) < 4.78 is 0. The van der Waals surface area contributed by atoms with Crippen molar-refractivity contribution >= 4 is 22.7 Å². The molecule has 1 aromatic carbocycles. The van der Waals surface area contributed by atoms with E-state index in [0.717, 1.165) is 37.0 Å². The lowest BCUT2D eigenvalue weighted by molar-refractivity contribution is -0.147. The second-order valence-corrected chi connectivity index (χ2v) is 7.86. The summed E-state index contributed by atoms with van der Waals surface area (Å²) >= 11 is 0. The maximum absolute atomic E-state index is 13.3. The highest BCUT2D eigenvalue weighted by Crippen LogP contribution is 2.35. The second-order valence-electron chi connectivity index (χ2n) is 7.86. The molecule has 3 heterocycles. The number of hydrogen-bond donors (Lipinski definition) is 1. The highest BCUT2D eigenvalue weighted by Gasteiger charge is 2.40. The van der Waals surface area contributed by atoms with Crippen molar-refractivity contribution in [2.75, 3.05) is 13.1 Å². The van der Waals surface area contributed by atoms with Crippen molar-refractivity contribution in [1.29, 1.82) is 0 Å². The minimum atomic E-state index is -0.293. The summed E-state index contributed by atoms with van der Waals surface area (Å²) in [6, 6.07) is 8.05. The minimum absolute atomic E-state index is 0.00949. The molecule has 2 aromatic rings. The first-order chi connectivity index (χ1) is 12.5. The molecule has 5 nitrogen and oxygen atoms in total. The van der Waals surface area contributed by atoms with E-state index < -0.39 is 0 Å². The third kappa shape index (κ3) is 2.61. The van der Waals surface area contributed by atoms with Crippen LogP contribution in [0.3, 0.4) is 0 Å². The standard InChI is InChI=1S/C21H27N3O2/c1-13(2)20(25)24-11-6-9-18(24)21(26)23-12-10-16-15-7-4-5-8-17(15)22-19(16)14(23)3/h4-5,7-8,13-14,18,22H,6,9-12H2,1-3H3/t14-,18+/m1/s1. The number of amides is 2. The number of aromatic amines is 1. The van der Waals surface area contributed by atoms with Crippen LogP contribution in [0.5, 0.6) is 0 Å². The molecule has 4 rings (SSSR count). The Hall–Kier alpha value is -2.30. The molecule has 0 spiro atoms. The van der Waals surface area contributed by atoms with Gasteiger partial charge in [-0.2, -0.15) is 0 Å². The van der Waals surface area contributed by atoms with E-state index in [1.54, 1.807) is 4.90 Å². The number of rotatable bonds is 2. The van der Waals surface area contributed by atoms with Gasteiger partial charge in [0, 0.05) is 35.6 Å². The third-order valence-electron chi connectivity index (χ3n) is 5.93. The summed E-state index contributed by atoms with van der Waals surface area (Å²) in [6.45, 7) is 7.32. The van der Waals surface area contributed by atoms with E-state index in [1.165, 1.54) is 10.9 Å². The summed E-state index contributed by atoms with van der Waals surface area (Å²) in [7, 11) is 0. The molecule has 1 N–H and O–H groups in total. The first-order valence-corrected chi connectivity index (χ1v) is 9.69. The Labute approximate surface area is 154 Å². The number of nitrogens with one attached hydrogen (secondary N) is 1. The van der Waals surface area contributed by atoms with Crippen LogP contribution < -0.4 is 0 Å². The molecule has 1 saturated heterocycles. The number of aromatic nitrogens is 1. The quantitative estimate of drug-likeness (QED) is 0.901. The summed E-state index contributed by atoms with van der Waals surface area (Å²) in [5.74, 6) is 0.132. The molecule has 0 unspecified atom stereocenters. The molecule has 0 saturated carbocycles. The molecule has 0 aliphatic carbocycles. The van der Waals surface area contributed by atoms with Crippen LogP contribution in [-0.2, 0) is 16.0 Å². The highest BCUT2D eigenvalue weighted by molar-refractivity contribution is 5.90. The van der Waals surface area contributed by atoms with Gasteiger partial charge in [-0.1, -0.05) is 32.0 Å². The lowest BCUT2D eigenvalue weighted by Crippen LogP contribution is -2.51. The van der Waals surface area contributed by atoms with Crippen molar-refractivity contribution in [2.24, 2.45) is 5.92 Å². The van der Waals surface area contributed by atoms with E-state index in [-0.39, 0.29) is 29.8 Å². The molecule has 2 amide bonds. The topological polar surface area (TPSA) is 56.4 Å². The predicted octanol–water partition coefficient (Wildman–Crippen LogP) is 3.26. The van der Waals surface area contributed by atoms with Crippen LogP contribution in [-0.4, -0.2) is 45.7 Å². The van der Waals surface area contributed by atoms with Crippen LogP contribution in [0.1, 0.15) is 50.9 Å². The molecule has 26 heavy (non-hydrogen) atoms. The molecular weight excluding hydrogens is 326 g/mol. The van der Waals surface area contributed by atoms with E-state index in [1.807, 2.05) is 24.8 Å². The van der Waals surface area contributed by atoms with E-state index >= 15 is 0 Å². The van der Waals surface area contributed by atoms with Gasteiger partial charge in [0.15, 0.2) is 0 Å². The van der Waals surface area contributed by atoms with Gasteiger partial charge in [-0.25, -0.2) is 0 Å². The van der Waals surface area contributed by atoms with Crippen molar-refractivity contribution in [2.45, 2.75) is 52.1 Å². The van der Waals surface area contributed by atoms with Crippen molar-refractivity contribution in [3.63, 3.8) is 0 Å². The van der Waals surface area contributed by atoms with Gasteiger partial charge in [0.25, 0.3) is 0 Å². The van der Waals surface area contributed by atoms with Gasteiger partial charge in [-0.15, -0.1) is 0 Å². The maximum Gasteiger partial charge on any atom is 0.245 e. The Morgan fingerprint density at radius 1 is 1.15 bits per heavy atom. The fourth-order valence-corrected chi connectivity index (χ4v) is 4.54. The van der Waals surface area contributed by atoms with Gasteiger partial charge in [0.05, 0.1) is 6.04 Å². The van der Waals surface area contributed by atoms with E-state index in [2.05, 4.69) is 30.1 Å². The number of H-pyrrole nitrogens is 1. The number of hydrogen-bond acceptors (Lipinski definition) is 2. The largest absolute Gasteiger partial charge is 0.356 e. The van der Waals surface area contributed by atoms with Crippen molar-refractivity contribution in [1.82, 2.24) is 14.8 Å².